The topological polar surface area (TPSA) is 29.5 Å². The molecule has 1 fully saturated rings. The van der Waals surface area contributed by atoms with Crippen molar-refractivity contribution >= 4 is 23.4 Å². The lowest BCUT2D eigenvalue weighted by Gasteiger charge is -2.29. The van der Waals surface area contributed by atoms with Crippen LogP contribution < -0.4 is 4.90 Å². The lowest BCUT2D eigenvalue weighted by atomic mass is 10.2. The van der Waals surface area contributed by atoms with Gasteiger partial charge in [0.1, 0.15) is 0 Å². The fourth-order valence-electron chi connectivity index (χ4n) is 1.66. The standard InChI is InChI=1S/C11H13NO2S.CH4/c13-11(15)9-2-1-3-10(8-9)12-4-6-14-7-5-12;/h1-3,8H,4-7H2,(H,13,15);1H4. The number of morpholine rings is 1. The van der Waals surface area contributed by atoms with Gasteiger partial charge in [-0.15, -0.1) is 12.6 Å². The van der Waals surface area contributed by atoms with Crippen molar-refractivity contribution in [3.05, 3.63) is 29.8 Å². The molecule has 0 unspecified atom stereocenters. The molecule has 0 atom stereocenters. The van der Waals surface area contributed by atoms with Gasteiger partial charge in [-0.3, -0.25) is 4.79 Å². The Hall–Kier alpha value is -1.00. The maximum Gasteiger partial charge on any atom is 0.216 e. The minimum atomic E-state index is -0.190. The average Bonchev–Trinajstić information content (AvgIpc) is 2.30. The number of hydrogen-bond acceptors (Lipinski definition) is 3. The van der Waals surface area contributed by atoms with Crippen molar-refractivity contribution in [3.63, 3.8) is 0 Å². The van der Waals surface area contributed by atoms with Crippen LogP contribution in [-0.4, -0.2) is 31.4 Å². The van der Waals surface area contributed by atoms with E-state index in [-0.39, 0.29) is 12.5 Å². The van der Waals surface area contributed by atoms with Gasteiger partial charge in [-0.1, -0.05) is 19.6 Å². The summed E-state index contributed by atoms with van der Waals surface area (Å²) in [4.78, 5) is 13.3. The summed E-state index contributed by atoms with van der Waals surface area (Å²) in [5.74, 6) is 0. The maximum absolute atomic E-state index is 11.1. The third-order valence-electron chi connectivity index (χ3n) is 2.47. The first-order valence-corrected chi connectivity index (χ1v) is 5.38. The van der Waals surface area contributed by atoms with Crippen molar-refractivity contribution in [1.29, 1.82) is 0 Å². The van der Waals surface area contributed by atoms with Gasteiger partial charge < -0.3 is 9.64 Å². The smallest absolute Gasteiger partial charge is 0.216 e. The van der Waals surface area contributed by atoms with Crippen LogP contribution in [0.2, 0.25) is 0 Å². The Balaban J connectivity index is 0.00000128. The summed E-state index contributed by atoms with van der Waals surface area (Å²) in [6.07, 6.45) is 0. The number of hydrogen-bond donors (Lipinski definition) is 1. The number of carbonyl (C=O) groups is 1. The maximum atomic E-state index is 11.1. The molecule has 0 spiro atoms. The third-order valence-corrected chi connectivity index (χ3v) is 2.73. The summed E-state index contributed by atoms with van der Waals surface area (Å²) in [5.41, 5.74) is 1.71. The van der Waals surface area contributed by atoms with E-state index in [0.717, 1.165) is 32.0 Å². The van der Waals surface area contributed by atoms with Crippen LogP contribution in [0, 0.1) is 0 Å². The molecule has 1 aromatic carbocycles. The van der Waals surface area contributed by atoms with E-state index in [9.17, 15) is 4.79 Å². The minimum Gasteiger partial charge on any atom is -0.378 e. The highest BCUT2D eigenvalue weighted by molar-refractivity contribution is 7.97. The molecule has 3 nitrogen and oxygen atoms in total. The number of rotatable bonds is 2. The van der Waals surface area contributed by atoms with Gasteiger partial charge in [0.2, 0.25) is 5.12 Å². The van der Waals surface area contributed by atoms with Crippen LogP contribution in [0.5, 0.6) is 0 Å². The number of benzene rings is 1. The van der Waals surface area contributed by atoms with Crippen LogP contribution in [0.15, 0.2) is 24.3 Å². The zero-order chi connectivity index (χ0) is 10.7. The molecule has 16 heavy (non-hydrogen) atoms. The summed E-state index contributed by atoms with van der Waals surface area (Å²) in [5, 5.41) is -0.190. The molecule has 0 radical (unpaired) electrons. The molecule has 88 valence electrons. The molecule has 1 aliphatic rings. The summed E-state index contributed by atoms with van der Waals surface area (Å²) in [6, 6.07) is 7.54. The van der Waals surface area contributed by atoms with Crippen molar-refractivity contribution in [2.24, 2.45) is 0 Å². The lowest BCUT2D eigenvalue weighted by molar-refractivity contribution is 0.109. The van der Waals surface area contributed by atoms with Crippen molar-refractivity contribution in [3.8, 4) is 0 Å². The van der Waals surface area contributed by atoms with E-state index in [0.29, 0.717) is 5.56 Å². The minimum absolute atomic E-state index is 0. The van der Waals surface area contributed by atoms with Gasteiger partial charge in [0, 0.05) is 24.3 Å². The van der Waals surface area contributed by atoms with Crippen LogP contribution >= 0.6 is 12.6 Å². The number of nitrogens with zero attached hydrogens (tertiary/aromatic N) is 1. The highest BCUT2D eigenvalue weighted by Crippen LogP contribution is 2.18. The normalized spacial score (nSPS) is 15.4. The Labute approximate surface area is 102 Å². The van der Waals surface area contributed by atoms with Gasteiger partial charge in [-0.2, -0.15) is 0 Å². The Morgan fingerprint density at radius 3 is 2.62 bits per heavy atom. The lowest BCUT2D eigenvalue weighted by Crippen LogP contribution is -2.36. The third kappa shape index (κ3) is 3.00. The van der Waals surface area contributed by atoms with E-state index in [4.69, 9.17) is 4.74 Å². The zero-order valence-corrected chi connectivity index (χ0v) is 9.24. The van der Waals surface area contributed by atoms with E-state index in [1.165, 1.54) is 0 Å². The Kier molecular flexibility index (Phi) is 4.83. The quantitative estimate of drug-likeness (QED) is 0.803. The molecule has 0 aliphatic carbocycles. The molecular weight excluding hydrogens is 222 g/mol. The number of thiol groups is 1. The molecule has 2 rings (SSSR count). The number of anilines is 1. The fraction of sp³-hybridized carbons (Fsp3) is 0.417. The summed E-state index contributed by atoms with van der Waals surface area (Å²) < 4.78 is 5.28. The average molecular weight is 239 g/mol. The SMILES string of the molecule is C.O=C(S)c1cccc(N2CCOCC2)c1. The van der Waals surface area contributed by atoms with Crippen molar-refractivity contribution in [1.82, 2.24) is 0 Å². The van der Waals surface area contributed by atoms with E-state index in [2.05, 4.69) is 17.5 Å². The highest BCUT2D eigenvalue weighted by atomic mass is 32.1. The molecule has 0 bridgehead atoms. The highest BCUT2D eigenvalue weighted by Gasteiger charge is 2.11. The van der Waals surface area contributed by atoms with Crippen molar-refractivity contribution in [2.75, 3.05) is 31.2 Å². The second kappa shape index (κ2) is 5.92. The predicted octanol–water partition coefficient (Wildman–Crippen LogP) is 2.23. The van der Waals surface area contributed by atoms with Gasteiger partial charge in [0.25, 0.3) is 0 Å². The van der Waals surface area contributed by atoms with Crippen LogP contribution in [0.3, 0.4) is 0 Å². The zero-order valence-electron chi connectivity index (χ0n) is 8.35. The molecule has 1 heterocycles. The van der Waals surface area contributed by atoms with E-state index < -0.39 is 0 Å². The monoisotopic (exact) mass is 239 g/mol. The van der Waals surface area contributed by atoms with Gasteiger partial charge in [0.15, 0.2) is 0 Å². The van der Waals surface area contributed by atoms with E-state index in [1.807, 2.05) is 18.2 Å². The Morgan fingerprint density at radius 2 is 2.00 bits per heavy atom. The summed E-state index contributed by atoms with van der Waals surface area (Å²) in [7, 11) is 0. The van der Waals surface area contributed by atoms with Crippen molar-refractivity contribution in [2.45, 2.75) is 7.43 Å². The van der Waals surface area contributed by atoms with Gasteiger partial charge in [-0.05, 0) is 12.1 Å². The van der Waals surface area contributed by atoms with Crippen LogP contribution in [0.1, 0.15) is 17.8 Å². The molecule has 0 aromatic heterocycles. The second-order valence-corrected chi connectivity index (χ2v) is 3.86. The first-order chi connectivity index (χ1) is 7.27. The van der Waals surface area contributed by atoms with Gasteiger partial charge >= 0.3 is 0 Å². The molecule has 1 aromatic rings. The van der Waals surface area contributed by atoms with Crippen molar-refractivity contribution < 1.29 is 9.53 Å². The van der Waals surface area contributed by atoms with Crippen LogP contribution in [-0.2, 0) is 4.74 Å². The Morgan fingerprint density at radius 1 is 1.31 bits per heavy atom. The first kappa shape index (κ1) is 13.1. The summed E-state index contributed by atoms with van der Waals surface area (Å²) in [6.45, 7) is 3.26. The molecular formula is C12H17NO2S. The van der Waals surface area contributed by atoms with E-state index in [1.54, 1.807) is 6.07 Å². The van der Waals surface area contributed by atoms with Gasteiger partial charge in [-0.25, -0.2) is 0 Å². The van der Waals surface area contributed by atoms with Gasteiger partial charge in [0.05, 0.1) is 13.2 Å². The number of carbonyl (C=O) groups excluding carboxylic acids is 1. The molecule has 0 N–H and O–H groups in total. The predicted molar refractivity (Wildman–Crippen MR) is 69.5 cm³/mol. The molecule has 4 heteroatoms. The Bertz CT molecular complexity index is 362. The molecule has 0 amide bonds. The van der Waals surface area contributed by atoms with Crippen LogP contribution in [0.25, 0.3) is 0 Å². The number of ether oxygens (including phenoxy) is 1. The van der Waals surface area contributed by atoms with E-state index >= 15 is 0 Å². The second-order valence-electron chi connectivity index (χ2n) is 3.45. The largest absolute Gasteiger partial charge is 0.378 e. The first-order valence-electron chi connectivity index (χ1n) is 4.93. The summed E-state index contributed by atoms with van der Waals surface area (Å²) >= 11 is 3.82. The molecule has 1 aliphatic heterocycles. The fourth-order valence-corrected chi connectivity index (χ4v) is 1.80. The molecule has 1 saturated heterocycles. The molecule has 0 saturated carbocycles. The van der Waals surface area contributed by atoms with Crippen LogP contribution in [0.4, 0.5) is 5.69 Å².